The fourth-order valence-corrected chi connectivity index (χ4v) is 3.16. The van der Waals surface area contributed by atoms with E-state index in [1.807, 2.05) is 19.9 Å². The van der Waals surface area contributed by atoms with Gasteiger partial charge in [-0.25, -0.2) is 9.78 Å². The first-order valence-electron chi connectivity index (χ1n) is 8.65. The minimum Gasteiger partial charge on any atom is -0.507 e. The minimum atomic E-state index is -0.525. The highest BCUT2D eigenvalue weighted by molar-refractivity contribution is 5.92. The SMILES string of the molecule is COC(=O)c1cc(CN2CCN(c3nc(C)cnc3C)CC2)ccc1O. The molecule has 1 fully saturated rings. The van der Waals surface area contributed by atoms with Gasteiger partial charge in [-0.15, -0.1) is 0 Å². The first kappa shape index (κ1) is 18.1. The van der Waals surface area contributed by atoms with Crippen LogP contribution in [0.2, 0.25) is 0 Å². The normalized spacial score (nSPS) is 15.1. The molecule has 2 heterocycles. The van der Waals surface area contributed by atoms with Crippen molar-refractivity contribution in [3.05, 3.63) is 46.9 Å². The van der Waals surface area contributed by atoms with Gasteiger partial charge in [0.2, 0.25) is 0 Å². The Labute approximate surface area is 153 Å². The van der Waals surface area contributed by atoms with Gasteiger partial charge in [-0.05, 0) is 31.5 Å². The van der Waals surface area contributed by atoms with Gasteiger partial charge in [0.15, 0.2) is 0 Å². The lowest BCUT2D eigenvalue weighted by molar-refractivity contribution is 0.0597. The molecule has 0 bridgehead atoms. The number of anilines is 1. The topological polar surface area (TPSA) is 78.8 Å². The number of carbonyl (C=O) groups is 1. The molecule has 0 atom stereocenters. The fraction of sp³-hybridized carbons (Fsp3) is 0.421. The molecule has 1 aliphatic rings. The summed E-state index contributed by atoms with van der Waals surface area (Å²) in [6.45, 7) is 8.19. The van der Waals surface area contributed by atoms with E-state index in [-0.39, 0.29) is 11.3 Å². The molecule has 1 aliphatic heterocycles. The second-order valence-corrected chi connectivity index (χ2v) is 6.53. The third-order valence-corrected chi connectivity index (χ3v) is 4.60. The molecule has 3 rings (SSSR count). The fourth-order valence-electron chi connectivity index (χ4n) is 3.16. The van der Waals surface area contributed by atoms with Crippen LogP contribution < -0.4 is 4.90 Å². The van der Waals surface area contributed by atoms with Crippen molar-refractivity contribution in [2.24, 2.45) is 0 Å². The largest absolute Gasteiger partial charge is 0.507 e. The zero-order valence-electron chi connectivity index (χ0n) is 15.4. The molecule has 0 spiro atoms. The van der Waals surface area contributed by atoms with Gasteiger partial charge in [-0.1, -0.05) is 6.07 Å². The van der Waals surface area contributed by atoms with E-state index >= 15 is 0 Å². The van der Waals surface area contributed by atoms with Gasteiger partial charge in [0.05, 0.1) is 18.5 Å². The summed E-state index contributed by atoms with van der Waals surface area (Å²) in [5, 5.41) is 9.82. The number of hydrogen-bond acceptors (Lipinski definition) is 7. The van der Waals surface area contributed by atoms with Gasteiger partial charge < -0.3 is 14.7 Å². The van der Waals surface area contributed by atoms with Crippen molar-refractivity contribution < 1.29 is 14.6 Å². The molecule has 7 heteroatoms. The van der Waals surface area contributed by atoms with Gasteiger partial charge >= 0.3 is 5.97 Å². The van der Waals surface area contributed by atoms with Crippen LogP contribution in [0, 0.1) is 13.8 Å². The Morgan fingerprint density at radius 2 is 1.96 bits per heavy atom. The number of aromatic nitrogens is 2. The Hall–Kier alpha value is -2.67. The van der Waals surface area contributed by atoms with E-state index < -0.39 is 5.97 Å². The lowest BCUT2D eigenvalue weighted by atomic mass is 10.1. The summed E-state index contributed by atoms with van der Waals surface area (Å²) >= 11 is 0. The predicted molar refractivity (Wildman–Crippen MR) is 98.4 cm³/mol. The molecule has 0 amide bonds. The highest BCUT2D eigenvalue weighted by Gasteiger charge is 2.21. The molecule has 0 radical (unpaired) electrons. The summed E-state index contributed by atoms with van der Waals surface area (Å²) in [6.07, 6.45) is 1.79. The van der Waals surface area contributed by atoms with E-state index in [9.17, 15) is 9.90 Å². The van der Waals surface area contributed by atoms with E-state index in [0.29, 0.717) is 0 Å². The number of carbonyl (C=O) groups excluding carboxylic acids is 1. The van der Waals surface area contributed by atoms with Crippen LogP contribution >= 0.6 is 0 Å². The number of phenolic OH excluding ortho intramolecular Hbond substituents is 1. The van der Waals surface area contributed by atoms with Crippen molar-refractivity contribution in [3.8, 4) is 5.75 Å². The van der Waals surface area contributed by atoms with Crippen molar-refractivity contribution in [3.63, 3.8) is 0 Å². The van der Waals surface area contributed by atoms with Crippen LogP contribution in [0.25, 0.3) is 0 Å². The number of ether oxygens (including phenoxy) is 1. The van der Waals surface area contributed by atoms with Crippen LogP contribution in [-0.4, -0.2) is 59.2 Å². The third-order valence-electron chi connectivity index (χ3n) is 4.60. The number of aromatic hydroxyl groups is 1. The van der Waals surface area contributed by atoms with E-state index in [1.165, 1.54) is 7.11 Å². The van der Waals surface area contributed by atoms with Crippen LogP contribution in [0.3, 0.4) is 0 Å². The molecule has 0 saturated carbocycles. The van der Waals surface area contributed by atoms with Gasteiger partial charge in [0.1, 0.15) is 17.1 Å². The number of aryl methyl sites for hydroxylation is 2. The third kappa shape index (κ3) is 3.94. The number of rotatable bonds is 4. The summed E-state index contributed by atoms with van der Waals surface area (Å²) in [7, 11) is 1.31. The molecule has 1 N–H and O–H groups in total. The maximum absolute atomic E-state index is 11.7. The zero-order valence-corrected chi connectivity index (χ0v) is 15.4. The first-order chi connectivity index (χ1) is 12.5. The Balaban J connectivity index is 1.64. The van der Waals surface area contributed by atoms with Crippen LogP contribution in [0.15, 0.2) is 24.4 Å². The molecule has 7 nitrogen and oxygen atoms in total. The summed E-state index contributed by atoms with van der Waals surface area (Å²) in [5.41, 5.74) is 3.05. The van der Waals surface area contributed by atoms with Crippen molar-refractivity contribution in [2.45, 2.75) is 20.4 Å². The molecule has 138 valence electrons. The number of nitrogens with zero attached hydrogens (tertiary/aromatic N) is 4. The number of methoxy groups -OCH3 is 1. The van der Waals surface area contributed by atoms with Crippen LogP contribution in [0.5, 0.6) is 5.75 Å². The lowest BCUT2D eigenvalue weighted by Crippen LogP contribution is -2.46. The minimum absolute atomic E-state index is 0.0566. The molecular formula is C19H24N4O3. The van der Waals surface area contributed by atoms with Gasteiger partial charge in [-0.3, -0.25) is 9.88 Å². The average Bonchev–Trinajstić information content (AvgIpc) is 2.65. The van der Waals surface area contributed by atoms with Crippen LogP contribution in [0.1, 0.15) is 27.3 Å². The standard InChI is InChI=1S/C19H24N4O3/c1-13-11-20-14(2)18(21-13)23-8-6-22(7-9-23)12-15-4-5-17(24)16(10-15)19(25)26-3/h4-5,10-11,24H,6-9,12H2,1-3H3. The van der Waals surface area contributed by atoms with Gasteiger partial charge in [-0.2, -0.15) is 0 Å². The number of piperazine rings is 1. The smallest absolute Gasteiger partial charge is 0.341 e. The van der Waals surface area contributed by atoms with E-state index in [2.05, 4.69) is 19.8 Å². The number of hydrogen-bond donors (Lipinski definition) is 1. The summed E-state index contributed by atoms with van der Waals surface area (Å²) in [4.78, 5) is 25.3. The van der Waals surface area contributed by atoms with E-state index in [0.717, 1.165) is 55.5 Å². The summed E-state index contributed by atoms with van der Waals surface area (Å²) in [5.74, 6) is 0.379. The monoisotopic (exact) mass is 356 g/mol. The van der Waals surface area contributed by atoms with Crippen molar-refractivity contribution in [1.29, 1.82) is 0 Å². The molecule has 1 saturated heterocycles. The molecule has 1 aromatic carbocycles. The number of phenols is 1. The molecule has 26 heavy (non-hydrogen) atoms. The molecule has 0 unspecified atom stereocenters. The van der Waals surface area contributed by atoms with Crippen LogP contribution in [0.4, 0.5) is 5.82 Å². The first-order valence-corrected chi connectivity index (χ1v) is 8.65. The Kier molecular flexibility index (Phi) is 5.37. The van der Waals surface area contributed by atoms with Gasteiger partial charge in [0, 0.05) is 38.9 Å². The molecular weight excluding hydrogens is 332 g/mol. The second-order valence-electron chi connectivity index (χ2n) is 6.53. The average molecular weight is 356 g/mol. The number of esters is 1. The van der Waals surface area contributed by atoms with Crippen molar-refractivity contribution in [2.75, 3.05) is 38.2 Å². The summed E-state index contributed by atoms with van der Waals surface area (Å²) < 4.78 is 4.71. The predicted octanol–water partition coefficient (Wildman–Crippen LogP) is 1.91. The second kappa shape index (κ2) is 7.70. The van der Waals surface area contributed by atoms with Gasteiger partial charge in [0.25, 0.3) is 0 Å². The quantitative estimate of drug-likeness (QED) is 0.838. The number of benzene rings is 1. The molecule has 1 aromatic heterocycles. The molecule has 0 aliphatic carbocycles. The van der Waals surface area contributed by atoms with Crippen molar-refractivity contribution in [1.82, 2.24) is 14.9 Å². The highest BCUT2D eigenvalue weighted by atomic mass is 16.5. The lowest BCUT2D eigenvalue weighted by Gasteiger charge is -2.36. The van der Waals surface area contributed by atoms with Crippen LogP contribution in [-0.2, 0) is 11.3 Å². The maximum Gasteiger partial charge on any atom is 0.341 e. The van der Waals surface area contributed by atoms with Crippen molar-refractivity contribution >= 4 is 11.8 Å². The maximum atomic E-state index is 11.7. The molecule has 2 aromatic rings. The zero-order chi connectivity index (χ0) is 18.7. The van der Waals surface area contributed by atoms with E-state index in [1.54, 1.807) is 18.3 Å². The Morgan fingerprint density at radius 1 is 1.23 bits per heavy atom. The highest BCUT2D eigenvalue weighted by Crippen LogP contribution is 2.22. The Morgan fingerprint density at radius 3 is 2.65 bits per heavy atom. The summed E-state index contributed by atoms with van der Waals surface area (Å²) in [6, 6.07) is 5.08. The Bertz CT molecular complexity index is 801. The van der Waals surface area contributed by atoms with E-state index in [4.69, 9.17) is 4.74 Å².